The van der Waals surface area contributed by atoms with Gasteiger partial charge in [-0.15, -0.1) is 0 Å². The van der Waals surface area contributed by atoms with Crippen molar-refractivity contribution >= 4 is 5.78 Å². The second-order valence-electron chi connectivity index (χ2n) is 3.66. The smallest absolute Gasteiger partial charge is 0.310 e. The van der Waals surface area contributed by atoms with Crippen LogP contribution in [0.5, 0.6) is 5.75 Å². The molecule has 4 heteroatoms. The first kappa shape index (κ1) is 12.3. The Morgan fingerprint density at radius 2 is 1.44 bits per heavy atom. The van der Waals surface area contributed by atoms with Gasteiger partial charge in [0.2, 0.25) is 0 Å². The Balaban J connectivity index is 2.17. The summed E-state index contributed by atoms with van der Waals surface area (Å²) < 4.78 is 4.65. The van der Waals surface area contributed by atoms with Crippen molar-refractivity contribution < 1.29 is 19.7 Å². The lowest BCUT2D eigenvalue weighted by molar-refractivity contribution is -0.179. The van der Waals surface area contributed by atoms with E-state index >= 15 is 0 Å². The number of ketones is 1. The number of aliphatic hydroxyl groups is 2. The van der Waals surface area contributed by atoms with Gasteiger partial charge in [-0.3, -0.25) is 4.79 Å². The molecule has 0 spiro atoms. The van der Waals surface area contributed by atoms with Gasteiger partial charge in [-0.25, -0.2) is 0 Å². The predicted molar refractivity (Wildman–Crippen MR) is 65.2 cm³/mol. The highest BCUT2D eigenvalue weighted by Crippen LogP contribution is 2.15. The molecule has 0 fully saturated rings. The van der Waals surface area contributed by atoms with Gasteiger partial charge >= 0.3 is 6.48 Å². The average molecular weight is 244 g/mol. The summed E-state index contributed by atoms with van der Waals surface area (Å²) in [6.07, 6.45) is 0. The molecule has 0 bridgehead atoms. The zero-order valence-electron chi connectivity index (χ0n) is 9.48. The third kappa shape index (κ3) is 2.94. The molecule has 2 rings (SSSR count). The normalized spacial score (nSPS) is 10.4. The van der Waals surface area contributed by atoms with E-state index in [0.717, 1.165) is 0 Å². The molecule has 2 aromatic carbocycles. The summed E-state index contributed by atoms with van der Waals surface area (Å²) in [5.41, 5.74) is 1.12. The van der Waals surface area contributed by atoms with Crippen LogP contribution in [0, 0.1) is 0 Å². The Morgan fingerprint density at radius 1 is 0.889 bits per heavy atom. The van der Waals surface area contributed by atoms with Crippen LogP contribution < -0.4 is 4.74 Å². The van der Waals surface area contributed by atoms with Crippen molar-refractivity contribution in [1.29, 1.82) is 0 Å². The molecule has 0 aromatic heterocycles. The lowest BCUT2D eigenvalue weighted by atomic mass is 10.0. The van der Waals surface area contributed by atoms with Crippen molar-refractivity contribution in [2.24, 2.45) is 0 Å². The summed E-state index contributed by atoms with van der Waals surface area (Å²) in [6.45, 7) is -1.86. The molecule has 18 heavy (non-hydrogen) atoms. The monoisotopic (exact) mass is 244 g/mol. The number of hydrogen-bond donors (Lipinski definition) is 2. The molecule has 0 unspecified atom stereocenters. The molecule has 4 nitrogen and oxygen atoms in total. The third-order valence-corrected chi connectivity index (χ3v) is 2.39. The fraction of sp³-hybridized carbons (Fsp3) is 0.0714. The lowest BCUT2D eigenvalue weighted by Crippen LogP contribution is -2.13. The van der Waals surface area contributed by atoms with Crippen LogP contribution in [-0.2, 0) is 0 Å². The second kappa shape index (κ2) is 5.44. The number of rotatable bonds is 4. The lowest BCUT2D eigenvalue weighted by Gasteiger charge is -2.07. The Morgan fingerprint density at radius 3 is 2.00 bits per heavy atom. The van der Waals surface area contributed by atoms with E-state index in [2.05, 4.69) is 4.74 Å². The molecular formula is C14H12O4. The molecule has 0 aliphatic rings. The Bertz CT molecular complexity index is 517. The van der Waals surface area contributed by atoms with Crippen LogP contribution in [-0.4, -0.2) is 22.5 Å². The predicted octanol–water partition coefficient (Wildman–Crippen LogP) is 1.56. The van der Waals surface area contributed by atoms with Gasteiger partial charge in [-0.1, -0.05) is 30.3 Å². The van der Waals surface area contributed by atoms with E-state index in [9.17, 15) is 4.79 Å². The minimum Gasteiger partial charge on any atom is -0.442 e. The van der Waals surface area contributed by atoms with Crippen LogP contribution in [0.1, 0.15) is 15.9 Å². The van der Waals surface area contributed by atoms with Crippen LogP contribution in [0.15, 0.2) is 54.6 Å². The van der Waals surface area contributed by atoms with E-state index in [1.165, 1.54) is 12.1 Å². The number of aliphatic hydroxyl groups excluding tert-OH is 1. The first-order valence-electron chi connectivity index (χ1n) is 5.39. The number of benzene rings is 2. The van der Waals surface area contributed by atoms with E-state index in [-0.39, 0.29) is 11.5 Å². The summed E-state index contributed by atoms with van der Waals surface area (Å²) in [4.78, 5) is 12.0. The Hall–Kier alpha value is -2.17. The topological polar surface area (TPSA) is 66.8 Å². The molecule has 2 aromatic rings. The molecule has 2 N–H and O–H groups in total. The van der Waals surface area contributed by atoms with Crippen molar-refractivity contribution in [2.75, 3.05) is 0 Å². The molecule has 0 atom stereocenters. The standard InChI is InChI=1S/C14H12O4/c15-13(10-4-2-1-3-5-10)11-6-8-12(9-7-11)18-14(16)17/h1-9,14,16-17H. The summed E-state index contributed by atoms with van der Waals surface area (Å²) >= 11 is 0. The zero-order valence-corrected chi connectivity index (χ0v) is 9.48. The maximum atomic E-state index is 12.0. The minimum absolute atomic E-state index is 0.0910. The van der Waals surface area contributed by atoms with Crippen molar-refractivity contribution in [2.45, 2.75) is 6.48 Å². The van der Waals surface area contributed by atoms with E-state index < -0.39 is 6.48 Å². The largest absolute Gasteiger partial charge is 0.442 e. The highest BCUT2D eigenvalue weighted by molar-refractivity contribution is 6.08. The first-order valence-corrected chi connectivity index (χ1v) is 5.39. The molecule has 0 saturated carbocycles. The van der Waals surface area contributed by atoms with Crippen molar-refractivity contribution in [3.63, 3.8) is 0 Å². The molecule has 0 aliphatic carbocycles. The fourth-order valence-electron chi connectivity index (χ4n) is 1.56. The van der Waals surface area contributed by atoms with Gasteiger partial charge in [0.1, 0.15) is 5.75 Å². The van der Waals surface area contributed by atoms with Gasteiger partial charge in [0.25, 0.3) is 0 Å². The van der Waals surface area contributed by atoms with Crippen molar-refractivity contribution in [1.82, 2.24) is 0 Å². The molecule has 0 saturated heterocycles. The minimum atomic E-state index is -1.86. The highest BCUT2D eigenvalue weighted by atomic mass is 16.7. The molecule has 0 heterocycles. The van der Waals surface area contributed by atoms with E-state index in [4.69, 9.17) is 10.2 Å². The third-order valence-electron chi connectivity index (χ3n) is 2.39. The quantitative estimate of drug-likeness (QED) is 0.632. The van der Waals surface area contributed by atoms with Crippen LogP contribution in [0.3, 0.4) is 0 Å². The van der Waals surface area contributed by atoms with Crippen LogP contribution in [0.4, 0.5) is 0 Å². The molecule has 0 radical (unpaired) electrons. The Labute approximate surface area is 104 Å². The number of hydrogen-bond acceptors (Lipinski definition) is 4. The highest BCUT2D eigenvalue weighted by Gasteiger charge is 2.08. The van der Waals surface area contributed by atoms with E-state index in [0.29, 0.717) is 11.1 Å². The van der Waals surface area contributed by atoms with Gasteiger partial charge in [0.05, 0.1) is 0 Å². The maximum Gasteiger partial charge on any atom is 0.310 e. The fourth-order valence-corrected chi connectivity index (χ4v) is 1.56. The summed E-state index contributed by atoms with van der Waals surface area (Å²) in [5.74, 6) is 0.196. The SMILES string of the molecule is O=C(c1ccccc1)c1ccc(OC(O)O)cc1. The number of ether oxygens (including phenoxy) is 1. The second-order valence-corrected chi connectivity index (χ2v) is 3.66. The summed E-state index contributed by atoms with van der Waals surface area (Å²) in [7, 11) is 0. The van der Waals surface area contributed by atoms with Gasteiger partial charge in [0, 0.05) is 11.1 Å². The van der Waals surface area contributed by atoms with E-state index in [1.807, 2.05) is 6.07 Å². The summed E-state index contributed by atoms with van der Waals surface area (Å²) in [6, 6.07) is 15.1. The zero-order chi connectivity index (χ0) is 13.0. The summed E-state index contributed by atoms with van der Waals surface area (Å²) in [5, 5.41) is 17.3. The van der Waals surface area contributed by atoms with Crippen molar-refractivity contribution in [3.05, 3.63) is 65.7 Å². The van der Waals surface area contributed by atoms with Crippen molar-refractivity contribution in [3.8, 4) is 5.75 Å². The number of carbonyl (C=O) groups is 1. The Kier molecular flexibility index (Phi) is 3.72. The van der Waals surface area contributed by atoms with Gasteiger partial charge in [-0.2, -0.15) is 0 Å². The van der Waals surface area contributed by atoms with Gasteiger partial charge in [-0.05, 0) is 24.3 Å². The molecule has 0 amide bonds. The molecular weight excluding hydrogens is 232 g/mol. The van der Waals surface area contributed by atoms with Crippen LogP contribution in [0.2, 0.25) is 0 Å². The molecule has 0 aliphatic heterocycles. The van der Waals surface area contributed by atoms with E-state index in [1.54, 1.807) is 36.4 Å². The van der Waals surface area contributed by atoms with Crippen LogP contribution in [0.25, 0.3) is 0 Å². The van der Waals surface area contributed by atoms with Gasteiger partial charge in [0.15, 0.2) is 5.78 Å². The number of carbonyl (C=O) groups excluding carboxylic acids is 1. The molecule has 92 valence electrons. The van der Waals surface area contributed by atoms with Crippen LogP contribution >= 0.6 is 0 Å². The van der Waals surface area contributed by atoms with Gasteiger partial charge < -0.3 is 14.9 Å². The first-order chi connectivity index (χ1) is 8.66. The maximum absolute atomic E-state index is 12.0. The average Bonchev–Trinajstić information content (AvgIpc) is 2.39.